The molecule has 0 spiro atoms. The highest BCUT2D eigenvalue weighted by atomic mass is 15.2. The summed E-state index contributed by atoms with van der Waals surface area (Å²) in [5.41, 5.74) is 9.47. The lowest BCUT2D eigenvalue weighted by Gasteiger charge is -2.29. The van der Waals surface area contributed by atoms with Crippen LogP contribution in [0.1, 0.15) is 50.7 Å². The van der Waals surface area contributed by atoms with Crippen LogP contribution >= 0.6 is 0 Å². The largest absolute Gasteiger partial charge is 0.310 e. The van der Waals surface area contributed by atoms with E-state index in [0.29, 0.717) is 11.8 Å². The molecular formula is C36H36N2. The summed E-state index contributed by atoms with van der Waals surface area (Å²) in [4.78, 5) is 4.66. The summed E-state index contributed by atoms with van der Waals surface area (Å²) in [6.07, 6.45) is 0. The molecule has 0 radical (unpaired) electrons. The predicted octanol–water partition coefficient (Wildman–Crippen LogP) is 10.9. The predicted molar refractivity (Wildman–Crippen MR) is 164 cm³/mol. The van der Waals surface area contributed by atoms with Gasteiger partial charge in [-0.05, 0) is 89.7 Å². The maximum Gasteiger partial charge on any atom is 0.0482 e. The molecule has 0 aliphatic heterocycles. The first-order chi connectivity index (χ1) is 18.5. The molecule has 0 aliphatic carbocycles. The number of para-hydroxylation sites is 2. The maximum absolute atomic E-state index is 2.33. The summed E-state index contributed by atoms with van der Waals surface area (Å²) in [6, 6.07) is 47.9. The van der Waals surface area contributed by atoms with Crippen LogP contribution in [0.4, 0.5) is 34.1 Å². The average molecular weight is 497 g/mol. The van der Waals surface area contributed by atoms with Gasteiger partial charge in [-0.3, -0.25) is 0 Å². The molecule has 5 aromatic rings. The molecule has 0 aliphatic rings. The molecule has 2 heteroatoms. The van der Waals surface area contributed by atoms with Crippen molar-refractivity contribution >= 4 is 34.1 Å². The van der Waals surface area contributed by atoms with Crippen LogP contribution in [0.3, 0.4) is 0 Å². The number of hydrogen-bond acceptors (Lipinski definition) is 2. The summed E-state index contributed by atoms with van der Waals surface area (Å²) in [7, 11) is 0. The van der Waals surface area contributed by atoms with Gasteiger partial charge in [0.15, 0.2) is 0 Å². The summed E-state index contributed by atoms with van der Waals surface area (Å²) in [6.45, 7) is 8.94. The highest BCUT2D eigenvalue weighted by molar-refractivity contribution is 5.83. The Bertz CT molecular complexity index is 1330. The van der Waals surface area contributed by atoms with E-state index < -0.39 is 0 Å². The van der Waals surface area contributed by atoms with Gasteiger partial charge < -0.3 is 9.80 Å². The van der Waals surface area contributed by atoms with Crippen LogP contribution in [-0.2, 0) is 0 Å². The van der Waals surface area contributed by atoms with Gasteiger partial charge in [0.05, 0.1) is 0 Å². The third kappa shape index (κ3) is 5.50. The van der Waals surface area contributed by atoms with E-state index in [1.807, 2.05) is 0 Å². The lowest BCUT2D eigenvalue weighted by molar-refractivity contribution is 0.866. The number of rotatable bonds is 8. The van der Waals surface area contributed by atoms with E-state index in [9.17, 15) is 0 Å². The first-order valence-corrected chi connectivity index (χ1v) is 13.5. The molecule has 5 aromatic carbocycles. The SMILES string of the molecule is CC(C)c1ccc(N(c2ccccc2)c2cccc(N(c3ccccc3)c3ccc(C(C)C)cc3)c2)cc1. The number of benzene rings is 5. The van der Waals surface area contributed by atoms with E-state index in [0.717, 1.165) is 34.1 Å². The normalized spacial score (nSPS) is 11.1. The Hall–Kier alpha value is -4.30. The quantitative estimate of drug-likeness (QED) is 0.211. The fraction of sp³-hybridized carbons (Fsp3) is 0.167. The van der Waals surface area contributed by atoms with Gasteiger partial charge in [0.25, 0.3) is 0 Å². The van der Waals surface area contributed by atoms with Gasteiger partial charge in [-0.25, -0.2) is 0 Å². The maximum atomic E-state index is 2.33. The summed E-state index contributed by atoms with van der Waals surface area (Å²) < 4.78 is 0. The van der Waals surface area contributed by atoms with Crippen molar-refractivity contribution in [1.29, 1.82) is 0 Å². The molecule has 0 fully saturated rings. The van der Waals surface area contributed by atoms with Crippen molar-refractivity contribution in [2.75, 3.05) is 9.80 Å². The van der Waals surface area contributed by atoms with Gasteiger partial charge in [-0.2, -0.15) is 0 Å². The van der Waals surface area contributed by atoms with E-state index in [2.05, 4.69) is 171 Å². The zero-order valence-electron chi connectivity index (χ0n) is 22.8. The average Bonchev–Trinajstić information content (AvgIpc) is 2.95. The van der Waals surface area contributed by atoms with Crippen molar-refractivity contribution in [3.63, 3.8) is 0 Å². The molecule has 0 bridgehead atoms. The third-order valence-electron chi connectivity index (χ3n) is 7.01. The fourth-order valence-electron chi connectivity index (χ4n) is 4.84. The molecule has 2 nitrogen and oxygen atoms in total. The lowest BCUT2D eigenvalue weighted by atomic mass is 10.0. The van der Waals surface area contributed by atoms with Crippen molar-refractivity contribution in [3.05, 3.63) is 145 Å². The fourth-order valence-corrected chi connectivity index (χ4v) is 4.84. The van der Waals surface area contributed by atoms with Gasteiger partial charge in [0.2, 0.25) is 0 Å². The second-order valence-electron chi connectivity index (χ2n) is 10.4. The Balaban J connectivity index is 1.62. The lowest BCUT2D eigenvalue weighted by Crippen LogP contribution is -2.13. The van der Waals surface area contributed by atoms with E-state index in [4.69, 9.17) is 0 Å². The van der Waals surface area contributed by atoms with Crippen molar-refractivity contribution in [1.82, 2.24) is 0 Å². The van der Waals surface area contributed by atoms with Crippen molar-refractivity contribution in [2.45, 2.75) is 39.5 Å². The van der Waals surface area contributed by atoms with Crippen LogP contribution in [-0.4, -0.2) is 0 Å². The Morgan fingerprint density at radius 1 is 0.342 bits per heavy atom. The van der Waals surface area contributed by atoms with Gasteiger partial charge in [0.1, 0.15) is 0 Å². The first-order valence-electron chi connectivity index (χ1n) is 13.5. The number of nitrogens with zero attached hydrogens (tertiary/aromatic N) is 2. The highest BCUT2D eigenvalue weighted by Crippen LogP contribution is 2.40. The number of anilines is 6. The Labute approximate surface area is 227 Å². The zero-order chi connectivity index (χ0) is 26.5. The second kappa shape index (κ2) is 11.4. The topological polar surface area (TPSA) is 6.48 Å². The highest BCUT2D eigenvalue weighted by Gasteiger charge is 2.17. The minimum atomic E-state index is 0.499. The minimum absolute atomic E-state index is 0.499. The van der Waals surface area contributed by atoms with Crippen LogP contribution in [0.15, 0.2) is 133 Å². The van der Waals surface area contributed by atoms with Crippen molar-refractivity contribution in [2.24, 2.45) is 0 Å². The minimum Gasteiger partial charge on any atom is -0.310 e. The molecule has 0 unspecified atom stereocenters. The van der Waals surface area contributed by atoms with Gasteiger partial charge in [0, 0.05) is 34.1 Å². The molecule has 190 valence electrons. The molecule has 38 heavy (non-hydrogen) atoms. The third-order valence-corrected chi connectivity index (χ3v) is 7.01. The Kier molecular flexibility index (Phi) is 7.60. The standard InChI is InChI=1S/C36H36N2/c1-27(2)29-18-22-33(23-19-29)37(31-12-7-5-8-13-31)35-16-11-17-36(26-35)38(32-14-9-6-10-15-32)34-24-20-30(21-25-34)28(3)4/h5-28H,1-4H3. The van der Waals surface area contributed by atoms with Gasteiger partial charge >= 0.3 is 0 Å². The Morgan fingerprint density at radius 2 is 0.658 bits per heavy atom. The zero-order valence-corrected chi connectivity index (χ0v) is 22.8. The summed E-state index contributed by atoms with van der Waals surface area (Å²) in [5, 5.41) is 0. The molecule has 0 amide bonds. The van der Waals surface area contributed by atoms with E-state index >= 15 is 0 Å². The second-order valence-corrected chi connectivity index (χ2v) is 10.4. The van der Waals surface area contributed by atoms with Gasteiger partial charge in [-0.15, -0.1) is 0 Å². The molecule has 0 N–H and O–H groups in total. The van der Waals surface area contributed by atoms with E-state index in [-0.39, 0.29) is 0 Å². The molecule has 5 rings (SSSR count). The Morgan fingerprint density at radius 3 is 1.00 bits per heavy atom. The van der Waals surface area contributed by atoms with Crippen LogP contribution in [0.25, 0.3) is 0 Å². The molecule has 0 heterocycles. The van der Waals surface area contributed by atoms with Crippen LogP contribution < -0.4 is 9.80 Å². The van der Waals surface area contributed by atoms with Crippen molar-refractivity contribution < 1.29 is 0 Å². The monoisotopic (exact) mass is 496 g/mol. The number of hydrogen-bond donors (Lipinski definition) is 0. The smallest absolute Gasteiger partial charge is 0.0482 e. The first kappa shape index (κ1) is 25.4. The molecule has 0 atom stereocenters. The molecule has 0 saturated heterocycles. The van der Waals surface area contributed by atoms with Crippen LogP contribution in [0.2, 0.25) is 0 Å². The van der Waals surface area contributed by atoms with Gasteiger partial charge in [-0.1, -0.05) is 94.4 Å². The van der Waals surface area contributed by atoms with Crippen LogP contribution in [0.5, 0.6) is 0 Å². The van der Waals surface area contributed by atoms with E-state index in [1.165, 1.54) is 11.1 Å². The molecule has 0 aromatic heterocycles. The summed E-state index contributed by atoms with van der Waals surface area (Å²) in [5.74, 6) is 0.998. The van der Waals surface area contributed by atoms with E-state index in [1.54, 1.807) is 0 Å². The van der Waals surface area contributed by atoms with Crippen LogP contribution in [0, 0.1) is 0 Å². The van der Waals surface area contributed by atoms with Crippen molar-refractivity contribution in [3.8, 4) is 0 Å². The summed E-state index contributed by atoms with van der Waals surface area (Å²) >= 11 is 0. The molecular weight excluding hydrogens is 460 g/mol. The molecule has 0 saturated carbocycles.